The van der Waals surface area contributed by atoms with E-state index >= 15 is 0 Å². The molecule has 0 saturated heterocycles. The summed E-state index contributed by atoms with van der Waals surface area (Å²) in [6.07, 6.45) is 0. The molecule has 0 unspecified atom stereocenters. The highest BCUT2D eigenvalue weighted by Crippen LogP contribution is 2.19. The molecule has 0 atom stereocenters. The summed E-state index contributed by atoms with van der Waals surface area (Å²) in [6.45, 7) is 0. The summed E-state index contributed by atoms with van der Waals surface area (Å²) < 4.78 is 1.56. The zero-order chi connectivity index (χ0) is 10.7. The summed E-state index contributed by atoms with van der Waals surface area (Å²) in [4.78, 5) is 0. The van der Waals surface area contributed by atoms with E-state index in [0.29, 0.717) is 11.8 Å². The summed E-state index contributed by atoms with van der Waals surface area (Å²) in [5.74, 6) is 1.04. The lowest BCUT2D eigenvalue weighted by Gasteiger charge is -2.07. The Bertz CT molecular complexity index is 453. The third kappa shape index (κ3) is 2.07. The highest BCUT2D eigenvalue weighted by Gasteiger charge is 2.04. The molecule has 0 saturated carbocycles. The lowest BCUT2D eigenvalue weighted by molar-refractivity contribution is 0.715. The van der Waals surface area contributed by atoms with Gasteiger partial charge in [0.25, 0.3) is 0 Å². The molecule has 6 heteroatoms. The number of halogens is 1. The van der Waals surface area contributed by atoms with E-state index in [2.05, 4.69) is 20.8 Å². The summed E-state index contributed by atoms with van der Waals surface area (Å²) in [7, 11) is 1.77. The largest absolute Gasteiger partial charge is 0.323 e. The molecule has 0 aliphatic heterocycles. The summed E-state index contributed by atoms with van der Waals surface area (Å²) in [5.41, 5.74) is 1.94. The minimum Gasteiger partial charge on any atom is -0.323 e. The van der Waals surface area contributed by atoms with Crippen LogP contribution in [0.1, 0.15) is 5.56 Å². The van der Waals surface area contributed by atoms with E-state index in [1.54, 1.807) is 11.7 Å². The Labute approximate surface area is 92.1 Å². The molecule has 2 aromatic rings. The number of para-hydroxylation sites is 1. The van der Waals surface area contributed by atoms with Crippen LogP contribution in [-0.4, -0.2) is 20.2 Å². The molecule has 0 fully saturated rings. The van der Waals surface area contributed by atoms with E-state index in [4.69, 9.17) is 11.6 Å². The second-order valence-corrected chi connectivity index (χ2v) is 3.31. The molecule has 2 rings (SSSR count). The first-order valence-electron chi connectivity index (χ1n) is 4.44. The van der Waals surface area contributed by atoms with Crippen molar-refractivity contribution in [3.05, 3.63) is 29.8 Å². The highest BCUT2D eigenvalue weighted by molar-refractivity contribution is 6.17. The lowest BCUT2D eigenvalue weighted by Crippen LogP contribution is -2.01. The molecule has 1 N–H and O–H groups in total. The number of alkyl halides is 1. The van der Waals surface area contributed by atoms with Gasteiger partial charge in [-0.05, 0) is 22.1 Å². The minimum atomic E-state index is 0.453. The zero-order valence-electron chi connectivity index (χ0n) is 8.18. The number of nitrogens with zero attached hydrogens (tertiary/aromatic N) is 4. The monoisotopic (exact) mass is 223 g/mol. The molecule has 1 aromatic carbocycles. The van der Waals surface area contributed by atoms with Gasteiger partial charge in [-0.15, -0.1) is 11.6 Å². The van der Waals surface area contributed by atoms with Crippen LogP contribution in [0.2, 0.25) is 0 Å². The Hall–Kier alpha value is -1.62. The molecule has 0 spiro atoms. The fourth-order valence-corrected chi connectivity index (χ4v) is 1.45. The number of hydrogen-bond donors (Lipinski definition) is 1. The first-order valence-corrected chi connectivity index (χ1v) is 4.98. The van der Waals surface area contributed by atoms with Crippen LogP contribution in [0.3, 0.4) is 0 Å². The van der Waals surface area contributed by atoms with E-state index in [1.165, 1.54) is 0 Å². The molecule has 0 radical (unpaired) electrons. The third-order valence-electron chi connectivity index (χ3n) is 2.03. The molecule has 1 aromatic heterocycles. The van der Waals surface area contributed by atoms with Crippen molar-refractivity contribution < 1.29 is 0 Å². The van der Waals surface area contributed by atoms with Crippen LogP contribution < -0.4 is 5.32 Å². The standard InChI is InChI=1S/C9H10ClN5/c1-15-9(12-13-14-15)11-8-5-3-2-4-7(8)6-10/h2-5H,6H2,1H3,(H,11,12,14). The minimum absolute atomic E-state index is 0.453. The number of aromatic nitrogens is 4. The predicted molar refractivity (Wildman–Crippen MR) is 58.1 cm³/mol. The van der Waals surface area contributed by atoms with Crippen LogP contribution in [0.15, 0.2) is 24.3 Å². The van der Waals surface area contributed by atoms with Gasteiger partial charge in [0.2, 0.25) is 5.95 Å². The van der Waals surface area contributed by atoms with Crippen molar-refractivity contribution in [2.45, 2.75) is 5.88 Å². The highest BCUT2D eigenvalue weighted by atomic mass is 35.5. The number of tetrazole rings is 1. The average molecular weight is 224 g/mol. The van der Waals surface area contributed by atoms with E-state index in [1.807, 2.05) is 24.3 Å². The molecular weight excluding hydrogens is 214 g/mol. The quantitative estimate of drug-likeness (QED) is 0.805. The maximum Gasteiger partial charge on any atom is 0.247 e. The first kappa shape index (κ1) is 9.92. The van der Waals surface area contributed by atoms with Crippen molar-refractivity contribution in [2.24, 2.45) is 7.05 Å². The van der Waals surface area contributed by atoms with Gasteiger partial charge in [-0.25, -0.2) is 4.68 Å². The first-order chi connectivity index (χ1) is 7.31. The molecular formula is C9H10ClN5. The zero-order valence-corrected chi connectivity index (χ0v) is 8.94. The van der Waals surface area contributed by atoms with E-state index in [0.717, 1.165) is 11.3 Å². The molecule has 0 aliphatic carbocycles. The van der Waals surface area contributed by atoms with Gasteiger partial charge < -0.3 is 5.32 Å². The SMILES string of the molecule is Cn1nnnc1Nc1ccccc1CCl. The van der Waals surface area contributed by atoms with Crippen LogP contribution >= 0.6 is 11.6 Å². The number of anilines is 2. The Morgan fingerprint density at radius 3 is 2.87 bits per heavy atom. The van der Waals surface area contributed by atoms with Crippen molar-refractivity contribution in [1.82, 2.24) is 20.2 Å². The van der Waals surface area contributed by atoms with Crippen LogP contribution in [-0.2, 0) is 12.9 Å². The number of hydrogen-bond acceptors (Lipinski definition) is 4. The molecule has 5 nitrogen and oxygen atoms in total. The molecule has 1 heterocycles. The van der Waals surface area contributed by atoms with Crippen LogP contribution in [0, 0.1) is 0 Å². The van der Waals surface area contributed by atoms with Gasteiger partial charge in [-0.1, -0.05) is 23.3 Å². The van der Waals surface area contributed by atoms with Gasteiger partial charge in [0, 0.05) is 18.6 Å². The number of benzene rings is 1. The topological polar surface area (TPSA) is 55.6 Å². The average Bonchev–Trinajstić information content (AvgIpc) is 2.65. The summed E-state index contributed by atoms with van der Waals surface area (Å²) >= 11 is 5.81. The normalized spacial score (nSPS) is 10.3. The maximum atomic E-state index is 5.81. The number of rotatable bonds is 3. The fraction of sp³-hybridized carbons (Fsp3) is 0.222. The van der Waals surface area contributed by atoms with Gasteiger partial charge >= 0.3 is 0 Å². The fourth-order valence-electron chi connectivity index (χ4n) is 1.21. The molecule has 15 heavy (non-hydrogen) atoms. The van der Waals surface area contributed by atoms with Gasteiger partial charge in [-0.2, -0.15) is 0 Å². The van der Waals surface area contributed by atoms with Crippen LogP contribution in [0.5, 0.6) is 0 Å². The Morgan fingerprint density at radius 2 is 2.20 bits per heavy atom. The van der Waals surface area contributed by atoms with Crippen molar-refractivity contribution in [1.29, 1.82) is 0 Å². The molecule has 0 amide bonds. The van der Waals surface area contributed by atoms with Crippen molar-refractivity contribution >= 4 is 23.2 Å². The molecule has 78 valence electrons. The van der Waals surface area contributed by atoms with Crippen molar-refractivity contribution in [3.63, 3.8) is 0 Å². The van der Waals surface area contributed by atoms with E-state index in [9.17, 15) is 0 Å². The second kappa shape index (κ2) is 4.27. The van der Waals surface area contributed by atoms with Gasteiger partial charge in [0.05, 0.1) is 0 Å². The molecule has 0 bridgehead atoms. The van der Waals surface area contributed by atoms with Crippen LogP contribution in [0.25, 0.3) is 0 Å². The second-order valence-electron chi connectivity index (χ2n) is 3.04. The van der Waals surface area contributed by atoms with Crippen molar-refractivity contribution in [3.8, 4) is 0 Å². The number of nitrogens with one attached hydrogen (secondary N) is 1. The van der Waals surface area contributed by atoms with E-state index < -0.39 is 0 Å². The Balaban J connectivity index is 2.28. The van der Waals surface area contributed by atoms with Gasteiger partial charge in [0.1, 0.15) is 0 Å². The van der Waals surface area contributed by atoms with Crippen molar-refractivity contribution in [2.75, 3.05) is 5.32 Å². The third-order valence-corrected chi connectivity index (χ3v) is 2.32. The maximum absolute atomic E-state index is 5.81. The van der Waals surface area contributed by atoms with Crippen LogP contribution in [0.4, 0.5) is 11.6 Å². The van der Waals surface area contributed by atoms with E-state index in [-0.39, 0.29) is 0 Å². The summed E-state index contributed by atoms with van der Waals surface area (Å²) in [6, 6.07) is 7.77. The smallest absolute Gasteiger partial charge is 0.247 e. The predicted octanol–water partition coefficient (Wildman–Crippen LogP) is 1.69. The Morgan fingerprint density at radius 1 is 1.40 bits per heavy atom. The lowest BCUT2D eigenvalue weighted by atomic mass is 10.2. The number of aryl methyl sites for hydroxylation is 1. The molecule has 0 aliphatic rings. The Kier molecular flexibility index (Phi) is 2.82. The summed E-state index contributed by atoms with van der Waals surface area (Å²) in [5, 5.41) is 14.2. The van der Waals surface area contributed by atoms with Gasteiger partial charge in [-0.3, -0.25) is 0 Å². The van der Waals surface area contributed by atoms with Gasteiger partial charge in [0.15, 0.2) is 0 Å².